The standard InChI is InChI=1S/C14H14N2O5/c17-11-6-5-10(13(19)16-11)15-12(18)7-8-3-1-2-4-9(8)14(20)21/h1-4,10H,5-7H2,(H,15,18)(H,20,21)(H,16,17,19). The normalized spacial score (nSPS) is 18.0. The van der Waals surface area contributed by atoms with Gasteiger partial charge in [-0.3, -0.25) is 19.7 Å². The van der Waals surface area contributed by atoms with Gasteiger partial charge in [0.15, 0.2) is 0 Å². The van der Waals surface area contributed by atoms with Crippen LogP contribution in [0.2, 0.25) is 0 Å². The van der Waals surface area contributed by atoms with Gasteiger partial charge in [-0.05, 0) is 18.1 Å². The Hall–Kier alpha value is -2.70. The lowest BCUT2D eigenvalue weighted by Gasteiger charge is -2.21. The van der Waals surface area contributed by atoms with Gasteiger partial charge in [0.25, 0.3) is 0 Å². The molecule has 1 unspecified atom stereocenters. The Balaban J connectivity index is 2.01. The second-order valence-corrected chi connectivity index (χ2v) is 4.71. The number of imide groups is 1. The van der Waals surface area contributed by atoms with Gasteiger partial charge in [0, 0.05) is 6.42 Å². The van der Waals surface area contributed by atoms with Gasteiger partial charge in [0.2, 0.25) is 17.7 Å². The molecule has 1 heterocycles. The molecule has 0 aromatic heterocycles. The van der Waals surface area contributed by atoms with Gasteiger partial charge >= 0.3 is 5.97 Å². The molecule has 3 N–H and O–H groups in total. The molecule has 110 valence electrons. The highest BCUT2D eigenvalue weighted by atomic mass is 16.4. The van der Waals surface area contributed by atoms with Crippen molar-refractivity contribution in [2.75, 3.05) is 0 Å². The van der Waals surface area contributed by atoms with E-state index in [-0.39, 0.29) is 30.7 Å². The average molecular weight is 290 g/mol. The SMILES string of the molecule is O=C1CCC(NC(=O)Cc2ccccc2C(=O)O)C(=O)N1. The number of carbonyl (C=O) groups excluding carboxylic acids is 3. The van der Waals surface area contributed by atoms with E-state index in [9.17, 15) is 19.2 Å². The van der Waals surface area contributed by atoms with Crippen LogP contribution in [0, 0.1) is 0 Å². The highest BCUT2D eigenvalue weighted by Gasteiger charge is 2.27. The number of carbonyl (C=O) groups is 4. The van der Waals surface area contributed by atoms with E-state index in [1.807, 2.05) is 0 Å². The van der Waals surface area contributed by atoms with Crippen LogP contribution in [0.15, 0.2) is 24.3 Å². The third-order valence-electron chi connectivity index (χ3n) is 3.17. The lowest BCUT2D eigenvalue weighted by molar-refractivity contribution is -0.137. The molecule has 0 bridgehead atoms. The summed E-state index contributed by atoms with van der Waals surface area (Å²) < 4.78 is 0. The number of hydrogen-bond acceptors (Lipinski definition) is 4. The first-order valence-electron chi connectivity index (χ1n) is 6.41. The maximum absolute atomic E-state index is 11.9. The van der Waals surface area contributed by atoms with E-state index in [2.05, 4.69) is 10.6 Å². The van der Waals surface area contributed by atoms with Gasteiger partial charge in [0.1, 0.15) is 6.04 Å². The number of piperidine rings is 1. The number of carboxylic acid groups (broad SMARTS) is 1. The minimum atomic E-state index is -1.11. The van der Waals surface area contributed by atoms with Gasteiger partial charge in [-0.15, -0.1) is 0 Å². The molecule has 3 amide bonds. The van der Waals surface area contributed by atoms with Crippen LogP contribution >= 0.6 is 0 Å². The molecule has 1 atom stereocenters. The first-order chi connectivity index (χ1) is 9.97. The van der Waals surface area contributed by atoms with E-state index in [4.69, 9.17) is 5.11 Å². The fourth-order valence-electron chi connectivity index (χ4n) is 2.13. The van der Waals surface area contributed by atoms with Crippen molar-refractivity contribution in [3.8, 4) is 0 Å². The zero-order valence-electron chi connectivity index (χ0n) is 11.1. The molecule has 2 rings (SSSR count). The molecule has 1 fully saturated rings. The van der Waals surface area contributed by atoms with Crippen molar-refractivity contribution in [1.82, 2.24) is 10.6 Å². The molecular formula is C14H14N2O5. The van der Waals surface area contributed by atoms with E-state index in [0.717, 1.165) is 0 Å². The first kappa shape index (κ1) is 14.7. The quantitative estimate of drug-likeness (QED) is 0.667. The smallest absolute Gasteiger partial charge is 0.335 e. The number of carboxylic acids is 1. The molecule has 7 heteroatoms. The van der Waals surface area contributed by atoms with Crippen molar-refractivity contribution in [3.05, 3.63) is 35.4 Å². The highest BCUT2D eigenvalue weighted by molar-refractivity contribution is 6.02. The Morgan fingerprint density at radius 3 is 2.67 bits per heavy atom. The van der Waals surface area contributed by atoms with Crippen LogP contribution in [0.1, 0.15) is 28.8 Å². The summed E-state index contributed by atoms with van der Waals surface area (Å²) in [6.45, 7) is 0. The summed E-state index contributed by atoms with van der Waals surface area (Å²) in [6, 6.07) is 5.42. The van der Waals surface area contributed by atoms with Crippen LogP contribution < -0.4 is 10.6 Å². The predicted molar refractivity (Wildman–Crippen MR) is 71.4 cm³/mol. The summed E-state index contributed by atoms with van der Waals surface area (Å²) in [5, 5.41) is 13.7. The van der Waals surface area contributed by atoms with E-state index in [0.29, 0.717) is 5.56 Å². The largest absolute Gasteiger partial charge is 0.478 e. The van der Waals surface area contributed by atoms with Crippen molar-refractivity contribution in [2.24, 2.45) is 0 Å². The number of amides is 3. The number of benzene rings is 1. The van der Waals surface area contributed by atoms with Crippen LogP contribution in [-0.2, 0) is 20.8 Å². The second-order valence-electron chi connectivity index (χ2n) is 4.71. The van der Waals surface area contributed by atoms with Crippen LogP contribution in [0.25, 0.3) is 0 Å². The topological polar surface area (TPSA) is 113 Å². The summed E-state index contributed by atoms with van der Waals surface area (Å²) in [5.74, 6) is -2.47. The van der Waals surface area contributed by atoms with Gasteiger partial charge in [-0.25, -0.2) is 4.79 Å². The maximum atomic E-state index is 11.9. The minimum absolute atomic E-state index is 0.0518. The molecule has 21 heavy (non-hydrogen) atoms. The number of nitrogens with one attached hydrogen (secondary N) is 2. The minimum Gasteiger partial charge on any atom is -0.478 e. The molecular weight excluding hydrogens is 276 g/mol. The number of rotatable bonds is 4. The van der Waals surface area contributed by atoms with Crippen molar-refractivity contribution >= 4 is 23.7 Å². The zero-order valence-corrected chi connectivity index (χ0v) is 11.1. The third-order valence-corrected chi connectivity index (χ3v) is 3.17. The van der Waals surface area contributed by atoms with Crippen LogP contribution in [0.4, 0.5) is 0 Å². The van der Waals surface area contributed by atoms with Crippen LogP contribution in [0.5, 0.6) is 0 Å². The molecule has 0 radical (unpaired) electrons. The molecule has 1 aromatic rings. The fourth-order valence-corrected chi connectivity index (χ4v) is 2.13. The molecule has 1 aliphatic heterocycles. The predicted octanol–water partition coefficient (Wildman–Crippen LogP) is -0.151. The summed E-state index contributed by atoms with van der Waals surface area (Å²) in [4.78, 5) is 45.5. The van der Waals surface area contributed by atoms with E-state index < -0.39 is 23.8 Å². The second kappa shape index (κ2) is 6.17. The molecule has 7 nitrogen and oxygen atoms in total. The van der Waals surface area contributed by atoms with Gasteiger partial charge < -0.3 is 10.4 Å². The summed E-state index contributed by atoms with van der Waals surface area (Å²) in [6.07, 6.45) is 0.277. The summed E-state index contributed by atoms with van der Waals surface area (Å²) in [7, 11) is 0. The fraction of sp³-hybridized carbons (Fsp3) is 0.286. The van der Waals surface area contributed by atoms with Crippen molar-refractivity contribution in [1.29, 1.82) is 0 Å². The van der Waals surface area contributed by atoms with Gasteiger partial charge in [-0.2, -0.15) is 0 Å². The molecule has 0 spiro atoms. The van der Waals surface area contributed by atoms with Crippen molar-refractivity contribution in [2.45, 2.75) is 25.3 Å². The molecule has 1 aromatic carbocycles. The monoisotopic (exact) mass is 290 g/mol. The van der Waals surface area contributed by atoms with Crippen LogP contribution in [-0.4, -0.2) is 34.8 Å². The highest BCUT2D eigenvalue weighted by Crippen LogP contribution is 2.10. The zero-order chi connectivity index (χ0) is 15.4. The van der Waals surface area contributed by atoms with Gasteiger partial charge in [-0.1, -0.05) is 18.2 Å². The first-order valence-corrected chi connectivity index (χ1v) is 6.41. The lowest BCUT2D eigenvalue weighted by Crippen LogP contribution is -2.52. The average Bonchev–Trinajstić information content (AvgIpc) is 2.42. The van der Waals surface area contributed by atoms with Crippen molar-refractivity contribution in [3.63, 3.8) is 0 Å². The summed E-state index contributed by atoms with van der Waals surface area (Å²) >= 11 is 0. The molecule has 0 saturated carbocycles. The van der Waals surface area contributed by atoms with E-state index in [1.165, 1.54) is 6.07 Å². The Kier molecular flexibility index (Phi) is 4.32. The Bertz CT molecular complexity index is 611. The Morgan fingerprint density at radius 1 is 1.29 bits per heavy atom. The van der Waals surface area contributed by atoms with E-state index in [1.54, 1.807) is 18.2 Å². The number of aromatic carboxylic acids is 1. The van der Waals surface area contributed by atoms with Crippen molar-refractivity contribution < 1.29 is 24.3 Å². The maximum Gasteiger partial charge on any atom is 0.335 e. The van der Waals surface area contributed by atoms with Gasteiger partial charge in [0.05, 0.1) is 12.0 Å². The summed E-state index contributed by atoms with van der Waals surface area (Å²) in [5.41, 5.74) is 0.422. The third kappa shape index (κ3) is 3.65. The molecule has 1 aliphatic rings. The van der Waals surface area contributed by atoms with Crippen LogP contribution in [0.3, 0.4) is 0 Å². The van der Waals surface area contributed by atoms with E-state index >= 15 is 0 Å². The Labute approximate surface area is 120 Å². The Morgan fingerprint density at radius 2 is 2.00 bits per heavy atom. The number of hydrogen-bond donors (Lipinski definition) is 3. The molecule has 1 saturated heterocycles. The lowest BCUT2D eigenvalue weighted by atomic mass is 10.0. The molecule has 0 aliphatic carbocycles.